The molecule has 1 rings (SSSR count). The largest absolute Gasteiger partial charge is 0.481 e. The van der Waals surface area contributed by atoms with Crippen LogP contribution in [0.1, 0.15) is 109 Å². The summed E-state index contributed by atoms with van der Waals surface area (Å²) in [6.45, 7) is 4.86. The zero-order valence-electron chi connectivity index (χ0n) is 31.1. The predicted octanol–water partition coefficient (Wildman–Crippen LogP) is 5.98. The van der Waals surface area contributed by atoms with Crippen molar-refractivity contribution in [3.05, 3.63) is 42.0 Å². The fraction of sp³-hybridized carbons (Fsp3) is 0.625. The van der Waals surface area contributed by atoms with Crippen molar-refractivity contribution in [2.24, 2.45) is 11.8 Å². The predicted molar refractivity (Wildman–Crippen MR) is 197 cm³/mol. The lowest BCUT2D eigenvalue weighted by Crippen LogP contribution is -2.48. The molecule has 0 fully saturated rings. The van der Waals surface area contributed by atoms with Gasteiger partial charge >= 0.3 is 11.9 Å². The van der Waals surface area contributed by atoms with Crippen molar-refractivity contribution in [1.29, 1.82) is 0 Å². The summed E-state index contributed by atoms with van der Waals surface area (Å²) in [4.78, 5) is 63.9. The Bertz CT molecular complexity index is 1270. The summed E-state index contributed by atoms with van der Waals surface area (Å²) in [6, 6.07) is 5.87. The van der Waals surface area contributed by atoms with Gasteiger partial charge in [-0.15, -0.1) is 5.92 Å². The van der Waals surface area contributed by atoms with Crippen LogP contribution >= 0.6 is 0 Å². The Balaban J connectivity index is 2.94. The van der Waals surface area contributed by atoms with E-state index in [0.717, 1.165) is 38.5 Å². The molecule has 51 heavy (non-hydrogen) atoms. The van der Waals surface area contributed by atoms with Crippen molar-refractivity contribution in [2.45, 2.75) is 116 Å². The van der Waals surface area contributed by atoms with Crippen molar-refractivity contribution >= 4 is 29.5 Å². The Labute approximate surface area is 304 Å². The summed E-state index contributed by atoms with van der Waals surface area (Å²) in [5, 5.41) is 15.5. The molecule has 0 aromatic heterocycles. The van der Waals surface area contributed by atoms with Gasteiger partial charge in [-0.05, 0) is 56.7 Å². The van der Waals surface area contributed by atoms with Gasteiger partial charge in [0.1, 0.15) is 24.2 Å². The van der Waals surface area contributed by atoms with Gasteiger partial charge in [-0.3, -0.25) is 19.2 Å². The van der Waals surface area contributed by atoms with Gasteiger partial charge in [-0.2, -0.15) is 0 Å². The van der Waals surface area contributed by atoms with Crippen molar-refractivity contribution in [1.82, 2.24) is 10.6 Å². The Morgan fingerprint density at radius 1 is 0.902 bits per heavy atom. The first kappa shape index (κ1) is 44.9. The number of nitrogens with one attached hydrogen (secondary N) is 2. The number of esters is 1. The number of carbonyl (C=O) groups is 5. The monoisotopic (exact) mass is 712 g/mol. The minimum Gasteiger partial charge on any atom is -0.481 e. The van der Waals surface area contributed by atoms with E-state index >= 15 is 0 Å². The number of carboxylic acid groups (broad SMARTS) is 1. The van der Waals surface area contributed by atoms with E-state index in [4.69, 9.17) is 14.2 Å². The smallest absolute Gasteiger partial charge is 0.328 e. The highest BCUT2D eigenvalue weighted by atomic mass is 16.5. The van der Waals surface area contributed by atoms with E-state index in [0.29, 0.717) is 55.9 Å². The minimum atomic E-state index is -1.38. The summed E-state index contributed by atoms with van der Waals surface area (Å²) >= 11 is 0. The molecular weight excluding hydrogens is 652 g/mol. The third-order valence-electron chi connectivity index (χ3n) is 8.44. The molecule has 0 aliphatic heterocycles. The highest BCUT2D eigenvalue weighted by Crippen LogP contribution is 2.21. The average Bonchev–Trinajstić information content (AvgIpc) is 3.12. The van der Waals surface area contributed by atoms with Crippen LogP contribution in [0, 0.1) is 23.7 Å². The zero-order valence-corrected chi connectivity index (χ0v) is 31.1. The highest BCUT2D eigenvalue weighted by molar-refractivity contribution is 5.92. The fourth-order valence-electron chi connectivity index (χ4n) is 5.47. The molecule has 284 valence electrons. The Hall–Kier alpha value is -4.17. The molecule has 1 aromatic carbocycles. The second-order valence-corrected chi connectivity index (χ2v) is 12.6. The van der Waals surface area contributed by atoms with Crippen LogP contribution in [0.25, 0.3) is 0 Å². The maximum Gasteiger partial charge on any atom is 0.328 e. The standard InChI is InChI=1S/C40H60N2O9/c1-5-7-9-12-15-19-32(43)20-16-13-10-11-14-17-21-34(35(39(46)47)30-37(44)41-26-18-27-49-3)38(45)42-36(40(48)50-4)29-31-22-24-33(25-23-31)51-28-8-6-2/h17,21-25,34-36H,5,7,9-16,18-20,26-30H2,1-4H3,(H,41,44)(H,42,45)(H,46,47)/b21-17+/t34-,35?,36?/m0/s1. The lowest BCUT2D eigenvalue weighted by molar-refractivity contribution is -0.149. The maximum absolute atomic E-state index is 13.7. The number of aliphatic carboxylic acids is 1. The molecule has 0 saturated carbocycles. The van der Waals surface area contributed by atoms with Gasteiger partial charge in [0.2, 0.25) is 11.8 Å². The van der Waals surface area contributed by atoms with E-state index in [-0.39, 0.29) is 13.0 Å². The van der Waals surface area contributed by atoms with Crippen LogP contribution in [0.2, 0.25) is 0 Å². The van der Waals surface area contributed by atoms with E-state index in [2.05, 4.69) is 29.4 Å². The Morgan fingerprint density at radius 3 is 2.18 bits per heavy atom. The fourth-order valence-corrected chi connectivity index (χ4v) is 5.47. The molecule has 0 aliphatic carbocycles. The molecule has 2 unspecified atom stereocenters. The van der Waals surface area contributed by atoms with Crippen molar-refractivity contribution < 1.29 is 43.3 Å². The minimum absolute atomic E-state index is 0.0863. The second-order valence-electron chi connectivity index (χ2n) is 12.6. The number of allylic oxidation sites excluding steroid dienone is 1. The van der Waals surface area contributed by atoms with Gasteiger partial charge < -0.3 is 30.0 Å². The summed E-state index contributed by atoms with van der Waals surface area (Å²) in [7, 11) is 2.76. The van der Waals surface area contributed by atoms with Crippen molar-refractivity contribution in [3.63, 3.8) is 0 Å². The number of Topliss-reactive ketones (excluding diaryl/α,β-unsaturated/α-hetero) is 1. The number of methoxy groups -OCH3 is 2. The molecule has 11 nitrogen and oxygen atoms in total. The average molecular weight is 713 g/mol. The highest BCUT2D eigenvalue weighted by Gasteiger charge is 2.35. The summed E-state index contributed by atoms with van der Waals surface area (Å²) in [5.74, 6) is 0.668. The quantitative estimate of drug-likeness (QED) is 0.0394. The first-order valence-corrected chi connectivity index (χ1v) is 18.3. The molecule has 1 aromatic rings. The van der Waals surface area contributed by atoms with Crippen LogP contribution < -0.4 is 15.4 Å². The summed E-state index contributed by atoms with van der Waals surface area (Å²) in [6.07, 6.45) is 14.4. The maximum atomic E-state index is 13.7. The number of carbonyl (C=O) groups excluding carboxylic acids is 4. The number of unbranched alkanes of at least 4 members (excludes halogenated alkanes) is 8. The Morgan fingerprint density at radius 2 is 1.57 bits per heavy atom. The van der Waals surface area contributed by atoms with E-state index in [1.54, 1.807) is 44.4 Å². The van der Waals surface area contributed by atoms with Crippen LogP contribution in [0.4, 0.5) is 0 Å². The first-order chi connectivity index (χ1) is 24.7. The molecule has 0 saturated heterocycles. The number of hydrogen-bond donors (Lipinski definition) is 3. The van der Waals surface area contributed by atoms with Crippen LogP contribution in [0.15, 0.2) is 36.4 Å². The van der Waals surface area contributed by atoms with Crippen LogP contribution in [0.3, 0.4) is 0 Å². The molecule has 3 N–H and O–H groups in total. The SMILES string of the molecule is CC#CCOc1ccc(CC(NC(=O)[C@@H](/C=C/CCCCCCC(=O)CCCCCCC)C(CC(=O)NCCCOC)C(=O)O)C(=O)OC)cc1. The molecule has 0 heterocycles. The van der Waals surface area contributed by atoms with E-state index in [1.807, 2.05) is 0 Å². The third kappa shape index (κ3) is 20.9. The number of carboxylic acids is 1. The van der Waals surface area contributed by atoms with Crippen molar-refractivity contribution in [2.75, 3.05) is 34.0 Å². The van der Waals surface area contributed by atoms with Crippen LogP contribution in [0.5, 0.6) is 5.75 Å². The van der Waals surface area contributed by atoms with Crippen molar-refractivity contribution in [3.8, 4) is 17.6 Å². The van der Waals surface area contributed by atoms with Gasteiger partial charge in [-0.1, -0.05) is 75.7 Å². The molecule has 0 radical (unpaired) electrons. The topological polar surface area (TPSA) is 157 Å². The van der Waals surface area contributed by atoms with E-state index in [9.17, 15) is 29.1 Å². The van der Waals surface area contributed by atoms with E-state index < -0.39 is 48.1 Å². The first-order valence-electron chi connectivity index (χ1n) is 18.3. The van der Waals surface area contributed by atoms with Crippen LogP contribution in [-0.2, 0) is 39.9 Å². The number of ketones is 1. The van der Waals surface area contributed by atoms with E-state index in [1.165, 1.54) is 32.4 Å². The Kier molecular flexibility index (Phi) is 25.1. The molecule has 0 spiro atoms. The number of ether oxygens (including phenoxy) is 3. The number of amides is 2. The molecule has 0 bridgehead atoms. The summed E-state index contributed by atoms with van der Waals surface area (Å²) in [5.41, 5.74) is 0.714. The lowest BCUT2D eigenvalue weighted by Gasteiger charge is -2.24. The summed E-state index contributed by atoms with van der Waals surface area (Å²) < 4.78 is 15.5. The van der Waals surface area contributed by atoms with Gasteiger partial charge in [0.15, 0.2) is 0 Å². The zero-order chi connectivity index (χ0) is 37.7. The lowest BCUT2D eigenvalue weighted by atomic mass is 9.87. The number of hydrogen-bond acceptors (Lipinski definition) is 8. The number of rotatable bonds is 29. The van der Waals surface area contributed by atoms with Gasteiger partial charge in [-0.25, -0.2) is 4.79 Å². The normalized spacial score (nSPS) is 12.6. The third-order valence-corrected chi connectivity index (χ3v) is 8.44. The molecule has 0 aliphatic rings. The number of benzene rings is 1. The van der Waals surface area contributed by atoms with Gasteiger partial charge in [0.25, 0.3) is 0 Å². The van der Waals surface area contributed by atoms with Gasteiger partial charge in [0.05, 0.1) is 18.9 Å². The molecule has 3 atom stereocenters. The molecular formula is C40H60N2O9. The molecule has 2 amide bonds. The molecule has 11 heteroatoms. The second kappa shape index (κ2) is 28.5. The van der Waals surface area contributed by atoms with Crippen LogP contribution in [-0.4, -0.2) is 74.7 Å². The van der Waals surface area contributed by atoms with Gasteiger partial charge in [0, 0.05) is 45.9 Å².